The van der Waals surface area contributed by atoms with Gasteiger partial charge in [0.25, 0.3) is 0 Å². The Morgan fingerprint density at radius 1 is 1.43 bits per heavy atom. The van der Waals surface area contributed by atoms with Crippen molar-refractivity contribution in [3.8, 4) is 0 Å². The normalized spacial score (nSPS) is 28.6. The van der Waals surface area contributed by atoms with E-state index < -0.39 is 9.84 Å². The fourth-order valence-electron chi connectivity index (χ4n) is 1.83. The second kappa shape index (κ2) is 4.47. The van der Waals surface area contributed by atoms with Crippen LogP contribution in [0.2, 0.25) is 0 Å². The smallest absolute Gasteiger partial charge is 0.174 e. The fraction of sp³-hybridized carbons (Fsp3) is 0.818. The van der Waals surface area contributed by atoms with Gasteiger partial charge in [-0.15, -0.1) is 0 Å². The van der Waals surface area contributed by atoms with Gasteiger partial charge in [0.15, 0.2) is 9.84 Å². The molecule has 2 nitrogen and oxygen atoms in total. The van der Waals surface area contributed by atoms with E-state index in [1.165, 1.54) is 0 Å². The van der Waals surface area contributed by atoms with Crippen molar-refractivity contribution in [1.82, 2.24) is 0 Å². The lowest BCUT2D eigenvalue weighted by atomic mass is 9.87. The van der Waals surface area contributed by atoms with Gasteiger partial charge in [-0.1, -0.05) is 26.8 Å². The topological polar surface area (TPSA) is 34.1 Å². The summed E-state index contributed by atoms with van der Waals surface area (Å²) in [6, 6.07) is 0. The Balaban J connectivity index is 2.85. The molecule has 0 N–H and O–H groups in total. The van der Waals surface area contributed by atoms with E-state index in [-0.39, 0.29) is 0 Å². The summed E-state index contributed by atoms with van der Waals surface area (Å²) in [7, 11) is -2.93. The van der Waals surface area contributed by atoms with Crippen molar-refractivity contribution >= 4 is 9.84 Å². The molecule has 82 valence electrons. The lowest BCUT2D eigenvalue weighted by Crippen LogP contribution is -2.18. The molecule has 1 rings (SSSR count). The Bertz CT molecular complexity index is 314. The van der Waals surface area contributed by atoms with Crippen molar-refractivity contribution in [2.75, 3.05) is 5.75 Å². The third-order valence-corrected chi connectivity index (χ3v) is 5.15. The minimum atomic E-state index is -2.93. The largest absolute Gasteiger partial charge is 0.224 e. The molecule has 0 aromatic carbocycles. The van der Waals surface area contributed by atoms with Crippen LogP contribution in [-0.2, 0) is 9.84 Å². The van der Waals surface area contributed by atoms with E-state index in [1.54, 1.807) is 0 Å². The zero-order valence-corrected chi connectivity index (χ0v) is 10.1. The monoisotopic (exact) mass is 216 g/mol. The highest BCUT2D eigenvalue weighted by molar-refractivity contribution is 7.95. The van der Waals surface area contributed by atoms with Crippen LogP contribution in [0.4, 0.5) is 0 Å². The van der Waals surface area contributed by atoms with Crippen LogP contribution < -0.4 is 0 Å². The van der Waals surface area contributed by atoms with Crippen LogP contribution in [0, 0.1) is 11.8 Å². The quantitative estimate of drug-likeness (QED) is 0.727. The minimum Gasteiger partial charge on any atom is -0.224 e. The molecule has 0 fully saturated rings. The van der Waals surface area contributed by atoms with E-state index in [9.17, 15) is 8.42 Å². The molecule has 0 saturated heterocycles. The number of hydrogen-bond acceptors (Lipinski definition) is 2. The van der Waals surface area contributed by atoms with E-state index in [2.05, 4.69) is 13.8 Å². The van der Waals surface area contributed by atoms with Gasteiger partial charge in [0.1, 0.15) is 0 Å². The van der Waals surface area contributed by atoms with Crippen LogP contribution in [0.25, 0.3) is 0 Å². The zero-order chi connectivity index (χ0) is 10.8. The fourth-order valence-corrected chi connectivity index (χ4v) is 3.48. The molecule has 1 aliphatic rings. The van der Waals surface area contributed by atoms with Crippen molar-refractivity contribution in [1.29, 1.82) is 0 Å². The van der Waals surface area contributed by atoms with Crippen LogP contribution in [0.3, 0.4) is 0 Å². The highest BCUT2D eigenvalue weighted by Gasteiger charge is 2.24. The van der Waals surface area contributed by atoms with Gasteiger partial charge >= 0.3 is 0 Å². The highest BCUT2D eigenvalue weighted by atomic mass is 32.2. The van der Waals surface area contributed by atoms with E-state index in [4.69, 9.17) is 0 Å². The molecule has 0 amide bonds. The van der Waals surface area contributed by atoms with Crippen LogP contribution in [-0.4, -0.2) is 14.2 Å². The molecular weight excluding hydrogens is 196 g/mol. The van der Waals surface area contributed by atoms with Crippen LogP contribution in [0.1, 0.15) is 40.0 Å². The first kappa shape index (κ1) is 11.8. The number of rotatable bonds is 3. The SMILES string of the molecule is CCCS(=O)(=O)C1=CC(C)C(C)CC1. The number of allylic oxidation sites excluding steroid dienone is 2. The van der Waals surface area contributed by atoms with Gasteiger partial charge in [-0.2, -0.15) is 0 Å². The van der Waals surface area contributed by atoms with Crippen molar-refractivity contribution in [2.24, 2.45) is 11.8 Å². The molecule has 0 aromatic rings. The van der Waals surface area contributed by atoms with Crippen LogP contribution >= 0.6 is 0 Å². The summed E-state index contributed by atoms with van der Waals surface area (Å²) in [5.74, 6) is 1.33. The molecule has 2 unspecified atom stereocenters. The summed E-state index contributed by atoms with van der Waals surface area (Å²) in [6.45, 7) is 6.20. The second-order valence-corrected chi connectivity index (χ2v) is 6.49. The first-order chi connectivity index (χ1) is 6.47. The third kappa shape index (κ3) is 2.59. The van der Waals surface area contributed by atoms with Gasteiger partial charge in [0.05, 0.1) is 5.75 Å². The molecule has 0 spiro atoms. The first-order valence-electron chi connectivity index (χ1n) is 5.41. The molecule has 0 saturated carbocycles. The third-order valence-electron chi connectivity index (χ3n) is 3.06. The maximum Gasteiger partial charge on any atom is 0.174 e. The second-order valence-electron chi connectivity index (χ2n) is 4.33. The van der Waals surface area contributed by atoms with Crippen molar-refractivity contribution < 1.29 is 8.42 Å². The molecule has 2 atom stereocenters. The van der Waals surface area contributed by atoms with Crippen molar-refractivity contribution in [2.45, 2.75) is 40.0 Å². The van der Waals surface area contributed by atoms with Crippen LogP contribution in [0.15, 0.2) is 11.0 Å². The predicted molar refractivity (Wildman–Crippen MR) is 59.7 cm³/mol. The van der Waals surface area contributed by atoms with E-state index in [0.29, 0.717) is 28.9 Å². The van der Waals surface area contributed by atoms with E-state index in [0.717, 1.165) is 12.8 Å². The van der Waals surface area contributed by atoms with Gasteiger partial charge in [-0.3, -0.25) is 0 Å². The molecule has 3 heteroatoms. The van der Waals surface area contributed by atoms with Gasteiger partial charge in [0.2, 0.25) is 0 Å². The Morgan fingerprint density at radius 3 is 2.57 bits per heavy atom. The molecule has 0 radical (unpaired) electrons. The van der Waals surface area contributed by atoms with E-state index >= 15 is 0 Å². The average molecular weight is 216 g/mol. The number of sulfone groups is 1. The summed E-state index contributed by atoms with van der Waals surface area (Å²) in [4.78, 5) is 0.685. The highest BCUT2D eigenvalue weighted by Crippen LogP contribution is 2.31. The summed E-state index contributed by atoms with van der Waals surface area (Å²) in [5.41, 5.74) is 0. The van der Waals surface area contributed by atoms with Gasteiger partial charge in [-0.05, 0) is 31.1 Å². The molecule has 14 heavy (non-hydrogen) atoms. The zero-order valence-electron chi connectivity index (χ0n) is 9.29. The number of hydrogen-bond donors (Lipinski definition) is 0. The van der Waals surface area contributed by atoms with E-state index in [1.807, 2.05) is 13.0 Å². The lowest BCUT2D eigenvalue weighted by Gasteiger charge is -2.24. The standard InChI is InChI=1S/C11H20O2S/c1-4-7-14(12,13)11-6-5-9(2)10(3)8-11/h8-10H,4-7H2,1-3H3. The molecule has 0 aliphatic heterocycles. The summed E-state index contributed by atoms with van der Waals surface area (Å²) in [6.07, 6.45) is 4.42. The lowest BCUT2D eigenvalue weighted by molar-refractivity contribution is 0.409. The first-order valence-corrected chi connectivity index (χ1v) is 7.06. The molecule has 0 bridgehead atoms. The summed E-state index contributed by atoms with van der Waals surface area (Å²) >= 11 is 0. The van der Waals surface area contributed by atoms with Crippen LogP contribution in [0.5, 0.6) is 0 Å². The maximum atomic E-state index is 11.8. The Kier molecular flexibility index (Phi) is 3.76. The van der Waals surface area contributed by atoms with Gasteiger partial charge in [-0.25, -0.2) is 8.42 Å². The molecule has 0 heterocycles. The molecule has 1 aliphatic carbocycles. The summed E-state index contributed by atoms with van der Waals surface area (Å²) in [5, 5.41) is 0. The van der Waals surface area contributed by atoms with Crippen molar-refractivity contribution in [3.05, 3.63) is 11.0 Å². The molecular formula is C11H20O2S. The molecule has 0 aromatic heterocycles. The van der Waals surface area contributed by atoms with Gasteiger partial charge in [0, 0.05) is 4.91 Å². The summed E-state index contributed by atoms with van der Waals surface area (Å²) < 4.78 is 23.5. The predicted octanol–water partition coefficient (Wildman–Crippen LogP) is 2.76. The minimum absolute atomic E-state index is 0.305. The Hall–Kier alpha value is -0.310. The average Bonchev–Trinajstić information content (AvgIpc) is 2.09. The Labute approximate surface area is 87.3 Å². The maximum absolute atomic E-state index is 11.8. The Morgan fingerprint density at radius 2 is 2.07 bits per heavy atom. The van der Waals surface area contributed by atoms with Crippen molar-refractivity contribution in [3.63, 3.8) is 0 Å². The van der Waals surface area contributed by atoms with Gasteiger partial charge < -0.3 is 0 Å².